The van der Waals surface area contributed by atoms with Crippen molar-refractivity contribution >= 4 is 28.2 Å². The standard InChI is InChI=1S/C30H26N4O3/c31-28-27(29(36)32-30(37)34(28)20-22-11-5-2-6-12-22)33(19-21-9-3-1-4-10-21)26(35)18-23-15-16-24-13-7-8-14-25(24)17-23/h1-17H,18-20,31H2,(H,32,36,37). The number of fused-ring (bicyclic) bond motifs is 1. The van der Waals surface area contributed by atoms with E-state index in [1.165, 1.54) is 9.47 Å². The van der Waals surface area contributed by atoms with E-state index in [0.717, 1.165) is 27.5 Å². The van der Waals surface area contributed by atoms with E-state index < -0.39 is 11.2 Å². The minimum absolute atomic E-state index is 0.0369. The Labute approximate surface area is 213 Å². The number of nitrogens with zero attached hydrogens (tertiary/aromatic N) is 2. The second-order valence-electron chi connectivity index (χ2n) is 8.89. The van der Waals surface area contributed by atoms with E-state index in [0.29, 0.717) is 0 Å². The minimum Gasteiger partial charge on any atom is -0.383 e. The van der Waals surface area contributed by atoms with E-state index in [-0.39, 0.29) is 36.9 Å². The van der Waals surface area contributed by atoms with Crippen LogP contribution in [0.25, 0.3) is 10.8 Å². The van der Waals surface area contributed by atoms with Gasteiger partial charge in [-0.2, -0.15) is 0 Å². The number of carbonyl (C=O) groups excluding carboxylic acids is 1. The molecule has 0 saturated carbocycles. The normalized spacial score (nSPS) is 10.9. The van der Waals surface area contributed by atoms with Crippen LogP contribution < -0.4 is 21.9 Å². The molecular weight excluding hydrogens is 464 g/mol. The molecule has 0 aliphatic rings. The first-order valence-electron chi connectivity index (χ1n) is 12.0. The lowest BCUT2D eigenvalue weighted by Crippen LogP contribution is -2.41. The van der Waals surface area contributed by atoms with Crippen molar-refractivity contribution in [3.8, 4) is 0 Å². The van der Waals surface area contributed by atoms with Crippen LogP contribution in [0.1, 0.15) is 16.7 Å². The average molecular weight is 491 g/mol. The third-order valence-corrected chi connectivity index (χ3v) is 6.32. The van der Waals surface area contributed by atoms with E-state index in [2.05, 4.69) is 4.98 Å². The minimum atomic E-state index is -0.699. The van der Waals surface area contributed by atoms with Crippen LogP contribution in [-0.4, -0.2) is 15.5 Å². The van der Waals surface area contributed by atoms with Gasteiger partial charge in [-0.3, -0.25) is 24.0 Å². The van der Waals surface area contributed by atoms with Crippen LogP contribution in [-0.2, 0) is 24.3 Å². The molecule has 0 fully saturated rings. The molecule has 0 aliphatic heterocycles. The van der Waals surface area contributed by atoms with Gasteiger partial charge in [0.05, 0.1) is 19.5 Å². The molecule has 5 aromatic rings. The highest BCUT2D eigenvalue weighted by Crippen LogP contribution is 2.23. The van der Waals surface area contributed by atoms with E-state index in [1.54, 1.807) is 0 Å². The number of amides is 1. The Hall–Kier alpha value is -4.91. The lowest BCUT2D eigenvalue weighted by atomic mass is 10.0. The summed E-state index contributed by atoms with van der Waals surface area (Å²) < 4.78 is 1.29. The van der Waals surface area contributed by atoms with Gasteiger partial charge < -0.3 is 5.73 Å². The van der Waals surface area contributed by atoms with Crippen LogP contribution in [0.4, 0.5) is 11.5 Å². The number of rotatable bonds is 7. The van der Waals surface area contributed by atoms with Crippen molar-refractivity contribution in [3.05, 3.63) is 141 Å². The quantitative estimate of drug-likeness (QED) is 0.359. The monoisotopic (exact) mass is 490 g/mol. The van der Waals surface area contributed by atoms with Crippen LogP contribution in [0, 0.1) is 0 Å². The molecule has 7 nitrogen and oxygen atoms in total. The number of aromatic nitrogens is 2. The van der Waals surface area contributed by atoms with E-state index in [1.807, 2.05) is 103 Å². The SMILES string of the molecule is Nc1c(N(Cc2ccccc2)C(=O)Cc2ccc3ccccc3c2)c(=O)[nH]c(=O)n1Cc1ccccc1. The average Bonchev–Trinajstić information content (AvgIpc) is 2.91. The zero-order valence-electron chi connectivity index (χ0n) is 20.1. The summed E-state index contributed by atoms with van der Waals surface area (Å²) >= 11 is 0. The maximum atomic E-state index is 13.7. The molecule has 0 atom stereocenters. The van der Waals surface area contributed by atoms with Gasteiger partial charge in [-0.25, -0.2) is 4.79 Å². The van der Waals surface area contributed by atoms with Gasteiger partial charge in [0.1, 0.15) is 5.82 Å². The van der Waals surface area contributed by atoms with Gasteiger partial charge in [-0.05, 0) is 27.5 Å². The van der Waals surface area contributed by atoms with Gasteiger partial charge in [-0.15, -0.1) is 0 Å². The summed E-state index contributed by atoms with van der Waals surface area (Å²) in [7, 11) is 0. The summed E-state index contributed by atoms with van der Waals surface area (Å²) in [5.74, 6) is -0.360. The van der Waals surface area contributed by atoms with Gasteiger partial charge in [0.15, 0.2) is 5.69 Å². The zero-order chi connectivity index (χ0) is 25.8. The van der Waals surface area contributed by atoms with Crippen LogP contribution in [0.15, 0.2) is 113 Å². The van der Waals surface area contributed by atoms with Crippen molar-refractivity contribution in [2.75, 3.05) is 10.6 Å². The summed E-state index contributed by atoms with van der Waals surface area (Å²) in [5, 5.41) is 2.10. The molecule has 0 spiro atoms. The first-order valence-corrected chi connectivity index (χ1v) is 12.0. The topological polar surface area (TPSA) is 101 Å². The summed E-state index contributed by atoms with van der Waals surface area (Å²) in [6, 6.07) is 32.5. The fourth-order valence-corrected chi connectivity index (χ4v) is 4.44. The van der Waals surface area contributed by atoms with Gasteiger partial charge in [0.2, 0.25) is 5.91 Å². The molecule has 1 aromatic heterocycles. The van der Waals surface area contributed by atoms with E-state index in [9.17, 15) is 14.4 Å². The third kappa shape index (κ3) is 5.21. The Bertz CT molecular complexity index is 1670. The zero-order valence-corrected chi connectivity index (χ0v) is 20.1. The predicted molar refractivity (Wildman–Crippen MR) is 147 cm³/mol. The van der Waals surface area contributed by atoms with Crippen LogP contribution >= 0.6 is 0 Å². The third-order valence-electron chi connectivity index (χ3n) is 6.32. The van der Waals surface area contributed by atoms with Gasteiger partial charge in [-0.1, -0.05) is 103 Å². The fraction of sp³-hybridized carbons (Fsp3) is 0.100. The highest BCUT2D eigenvalue weighted by atomic mass is 16.2. The largest absolute Gasteiger partial charge is 0.383 e. The number of hydrogen-bond acceptors (Lipinski definition) is 4. The Morgan fingerprint density at radius 2 is 1.38 bits per heavy atom. The molecule has 3 N–H and O–H groups in total. The van der Waals surface area contributed by atoms with Crippen LogP contribution in [0.2, 0.25) is 0 Å². The summed E-state index contributed by atoms with van der Waals surface area (Å²) in [6.07, 6.45) is 0.0638. The smallest absolute Gasteiger partial charge is 0.330 e. The molecule has 0 radical (unpaired) electrons. The molecule has 5 rings (SSSR count). The van der Waals surface area contributed by atoms with Crippen molar-refractivity contribution in [3.63, 3.8) is 0 Å². The lowest BCUT2D eigenvalue weighted by molar-refractivity contribution is -0.118. The number of nitrogen functional groups attached to an aromatic ring is 1. The molecule has 184 valence electrons. The van der Waals surface area contributed by atoms with Gasteiger partial charge in [0.25, 0.3) is 5.56 Å². The van der Waals surface area contributed by atoms with Crippen molar-refractivity contribution < 1.29 is 4.79 Å². The Morgan fingerprint density at radius 1 is 0.757 bits per heavy atom. The molecule has 1 heterocycles. The van der Waals surface area contributed by atoms with Crippen molar-refractivity contribution in [2.24, 2.45) is 0 Å². The highest BCUT2D eigenvalue weighted by molar-refractivity contribution is 5.97. The molecule has 4 aromatic carbocycles. The number of carbonyl (C=O) groups is 1. The Balaban J connectivity index is 1.56. The number of benzene rings is 4. The molecular formula is C30H26N4O3. The maximum Gasteiger partial charge on any atom is 0.330 e. The fourth-order valence-electron chi connectivity index (χ4n) is 4.44. The summed E-state index contributed by atoms with van der Waals surface area (Å²) in [6.45, 7) is 0.289. The Morgan fingerprint density at radius 3 is 2.08 bits per heavy atom. The second kappa shape index (κ2) is 10.4. The molecule has 0 unspecified atom stereocenters. The van der Waals surface area contributed by atoms with Gasteiger partial charge >= 0.3 is 5.69 Å². The molecule has 1 amide bonds. The summed E-state index contributed by atoms with van der Waals surface area (Å²) in [4.78, 5) is 43.3. The number of anilines is 2. The first kappa shape index (κ1) is 23.8. The molecule has 0 saturated heterocycles. The molecule has 0 bridgehead atoms. The number of hydrogen-bond donors (Lipinski definition) is 2. The molecule has 0 aliphatic carbocycles. The van der Waals surface area contributed by atoms with Gasteiger partial charge in [0, 0.05) is 0 Å². The molecule has 7 heteroatoms. The first-order chi connectivity index (χ1) is 18.0. The van der Waals surface area contributed by atoms with E-state index in [4.69, 9.17) is 5.73 Å². The lowest BCUT2D eigenvalue weighted by Gasteiger charge is -2.25. The summed E-state index contributed by atoms with van der Waals surface area (Å²) in [5.41, 5.74) is 7.56. The van der Waals surface area contributed by atoms with Crippen LogP contribution in [0.3, 0.4) is 0 Å². The number of nitrogens with two attached hydrogens (primary N) is 1. The highest BCUT2D eigenvalue weighted by Gasteiger charge is 2.25. The predicted octanol–water partition coefficient (Wildman–Crippen LogP) is 4.10. The maximum absolute atomic E-state index is 13.7. The van der Waals surface area contributed by atoms with Crippen LogP contribution in [0.5, 0.6) is 0 Å². The van der Waals surface area contributed by atoms with E-state index >= 15 is 0 Å². The van der Waals surface area contributed by atoms with Crippen molar-refractivity contribution in [1.29, 1.82) is 0 Å². The van der Waals surface area contributed by atoms with Crippen molar-refractivity contribution in [1.82, 2.24) is 9.55 Å². The number of H-pyrrole nitrogens is 1. The number of nitrogens with one attached hydrogen (secondary N) is 1. The Kier molecular flexibility index (Phi) is 6.68. The number of aromatic amines is 1. The second-order valence-corrected chi connectivity index (χ2v) is 8.89. The van der Waals surface area contributed by atoms with Crippen molar-refractivity contribution in [2.45, 2.75) is 19.5 Å². The molecule has 37 heavy (non-hydrogen) atoms.